The van der Waals surface area contributed by atoms with Crippen LogP contribution in [-0.4, -0.2) is 51.3 Å². The molecule has 1 saturated carbocycles. The zero-order chi connectivity index (χ0) is 10.5. The van der Waals surface area contributed by atoms with Gasteiger partial charge in [0.1, 0.15) is 29.6 Å². The molecule has 0 aromatic carbocycles. The lowest BCUT2D eigenvalue weighted by molar-refractivity contribution is -0.957. The molecule has 2 saturated heterocycles. The molecule has 3 fully saturated rings. The summed E-state index contributed by atoms with van der Waals surface area (Å²) in [6, 6.07) is 0. The predicted molar refractivity (Wildman–Crippen MR) is 55.7 cm³/mol. The normalized spacial score (nSPS) is 44.7. The molecule has 0 radical (unpaired) electrons. The second-order valence-electron chi connectivity index (χ2n) is 5.06. The van der Waals surface area contributed by atoms with E-state index in [4.69, 9.17) is 4.74 Å². The van der Waals surface area contributed by atoms with Gasteiger partial charge in [0.05, 0.1) is 13.2 Å². The molecule has 4 nitrogen and oxygen atoms in total. The molecule has 2 aliphatic heterocycles. The minimum atomic E-state index is -2.73. The first-order valence-electron chi connectivity index (χ1n) is 5.80. The number of quaternary nitrogens is 1. The highest BCUT2D eigenvalue weighted by Crippen LogP contribution is 2.43. The zero-order valence-corrected chi connectivity index (χ0v) is 9.68. The van der Waals surface area contributed by atoms with Gasteiger partial charge in [-0.2, -0.15) is 0 Å². The molecule has 1 N–H and O–H groups in total. The van der Waals surface area contributed by atoms with E-state index in [2.05, 4.69) is 0 Å². The Kier molecular flexibility index (Phi) is 2.13. The average Bonchev–Trinajstić information content (AvgIpc) is 2.59. The largest absolute Gasteiger partial charge is 0.370 e. The van der Waals surface area contributed by atoms with Crippen molar-refractivity contribution in [2.75, 3.05) is 32.1 Å². The maximum absolute atomic E-state index is 11.7. The summed E-state index contributed by atoms with van der Waals surface area (Å²) in [6.07, 6.45) is 3.09. The van der Waals surface area contributed by atoms with Crippen molar-refractivity contribution in [3.05, 3.63) is 0 Å². The lowest BCUT2D eigenvalue weighted by Crippen LogP contribution is -3.25. The summed E-state index contributed by atoms with van der Waals surface area (Å²) >= 11 is 0. The first-order valence-corrected chi connectivity index (χ1v) is 7.51. The number of hydrogen-bond donors (Lipinski definition) is 1. The lowest BCUT2D eigenvalue weighted by Gasteiger charge is -2.49. The van der Waals surface area contributed by atoms with Crippen molar-refractivity contribution >= 4 is 9.84 Å². The van der Waals surface area contributed by atoms with Crippen LogP contribution in [0, 0.1) is 0 Å². The minimum absolute atomic E-state index is 0.0295. The summed E-state index contributed by atoms with van der Waals surface area (Å²) in [5.74, 6) is 0.431. The number of hydrogen-bond acceptors (Lipinski definition) is 3. The first-order chi connectivity index (χ1) is 7.15. The number of ether oxygens (including phenoxy) is 1. The van der Waals surface area contributed by atoms with Crippen molar-refractivity contribution < 1.29 is 18.1 Å². The Hall–Kier alpha value is -0.130. The molecule has 0 spiro atoms. The Bertz CT molecular complexity index is 361. The molecule has 15 heavy (non-hydrogen) atoms. The van der Waals surface area contributed by atoms with E-state index in [1.54, 1.807) is 0 Å². The predicted octanol–water partition coefficient (Wildman–Crippen LogP) is -1.38. The molecule has 5 heteroatoms. The molecule has 86 valence electrons. The molecule has 2 heterocycles. The van der Waals surface area contributed by atoms with Crippen molar-refractivity contribution in [3.63, 3.8) is 0 Å². The fourth-order valence-electron chi connectivity index (χ4n) is 3.71. The third kappa shape index (κ3) is 1.29. The van der Waals surface area contributed by atoms with E-state index in [9.17, 15) is 8.42 Å². The summed E-state index contributed by atoms with van der Waals surface area (Å²) in [7, 11) is -2.73. The summed E-state index contributed by atoms with van der Waals surface area (Å²) < 4.78 is 28.8. The van der Waals surface area contributed by atoms with Gasteiger partial charge in [-0.05, 0) is 12.8 Å². The van der Waals surface area contributed by atoms with E-state index in [1.165, 1.54) is 4.90 Å². The Morgan fingerprint density at radius 1 is 1.27 bits per heavy atom. The van der Waals surface area contributed by atoms with Crippen LogP contribution < -0.4 is 4.90 Å². The molecule has 0 aromatic heterocycles. The van der Waals surface area contributed by atoms with Crippen LogP contribution in [0.25, 0.3) is 0 Å². The number of morpholine rings is 1. The van der Waals surface area contributed by atoms with Gasteiger partial charge in [-0.25, -0.2) is 8.42 Å². The fourth-order valence-corrected chi connectivity index (χ4v) is 6.46. The van der Waals surface area contributed by atoms with Gasteiger partial charge < -0.3 is 9.64 Å². The van der Waals surface area contributed by atoms with Gasteiger partial charge in [0.15, 0.2) is 9.84 Å². The van der Waals surface area contributed by atoms with Gasteiger partial charge >= 0.3 is 0 Å². The van der Waals surface area contributed by atoms with Crippen LogP contribution in [0.3, 0.4) is 0 Å². The molecular weight excluding hydrogens is 214 g/mol. The maximum atomic E-state index is 11.7. The van der Waals surface area contributed by atoms with Crippen LogP contribution in [0.15, 0.2) is 0 Å². The third-order valence-corrected chi connectivity index (χ3v) is 6.87. The van der Waals surface area contributed by atoms with Crippen LogP contribution in [0.2, 0.25) is 0 Å². The Morgan fingerprint density at radius 2 is 2.00 bits per heavy atom. The fraction of sp³-hybridized carbons (Fsp3) is 1.00. The van der Waals surface area contributed by atoms with Gasteiger partial charge in [0.25, 0.3) is 0 Å². The van der Waals surface area contributed by atoms with E-state index in [1.807, 2.05) is 0 Å². The van der Waals surface area contributed by atoms with Gasteiger partial charge in [-0.3, -0.25) is 0 Å². The summed E-state index contributed by atoms with van der Waals surface area (Å²) in [5.41, 5.74) is 0.0859. The number of nitrogens with one attached hydrogen (secondary N) is 1. The van der Waals surface area contributed by atoms with Crippen molar-refractivity contribution in [2.45, 2.75) is 30.1 Å². The molecule has 0 unspecified atom stereocenters. The molecule has 0 aromatic rings. The Morgan fingerprint density at radius 3 is 2.67 bits per heavy atom. The topological polar surface area (TPSA) is 47.8 Å². The van der Waals surface area contributed by atoms with Crippen LogP contribution >= 0.6 is 0 Å². The molecule has 0 bridgehead atoms. The number of rotatable bonds is 1. The summed E-state index contributed by atoms with van der Waals surface area (Å²) in [6.45, 7) is 3.58. The van der Waals surface area contributed by atoms with Crippen LogP contribution in [0.1, 0.15) is 19.3 Å². The van der Waals surface area contributed by atoms with E-state index in [0.29, 0.717) is 5.75 Å². The summed E-state index contributed by atoms with van der Waals surface area (Å²) in [4.78, 5) is 1.49. The van der Waals surface area contributed by atoms with E-state index in [-0.39, 0.29) is 10.8 Å². The number of fused-ring (bicyclic) bond motifs is 1. The zero-order valence-electron chi connectivity index (χ0n) is 8.87. The monoisotopic (exact) mass is 232 g/mol. The second kappa shape index (κ2) is 3.18. The molecule has 3 aliphatic rings. The highest BCUT2D eigenvalue weighted by atomic mass is 32.2. The first kappa shape index (κ1) is 10.1. The quantitative estimate of drug-likeness (QED) is 0.606. The Labute approximate surface area is 90.5 Å². The van der Waals surface area contributed by atoms with Crippen molar-refractivity contribution in [1.82, 2.24) is 0 Å². The third-order valence-electron chi connectivity index (χ3n) is 4.40. The highest BCUT2D eigenvalue weighted by molar-refractivity contribution is 7.93. The van der Waals surface area contributed by atoms with Crippen molar-refractivity contribution in [2.24, 2.45) is 0 Å². The SMILES string of the molecule is O=S1(=O)C[C@]2([NH+]3CCOCC3)CCC[C@@H]21. The smallest absolute Gasteiger partial charge is 0.165 e. The highest BCUT2D eigenvalue weighted by Gasteiger charge is 2.66. The van der Waals surface area contributed by atoms with Gasteiger partial charge in [-0.15, -0.1) is 0 Å². The van der Waals surface area contributed by atoms with Gasteiger partial charge in [-0.1, -0.05) is 0 Å². The van der Waals surface area contributed by atoms with E-state index < -0.39 is 9.84 Å². The van der Waals surface area contributed by atoms with Gasteiger partial charge in [0, 0.05) is 6.42 Å². The second-order valence-corrected chi connectivity index (χ2v) is 7.24. The van der Waals surface area contributed by atoms with Crippen LogP contribution in [-0.2, 0) is 14.6 Å². The molecular formula is C10H18NO3S+. The van der Waals surface area contributed by atoms with Crippen LogP contribution in [0.4, 0.5) is 0 Å². The van der Waals surface area contributed by atoms with Gasteiger partial charge in [0.2, 0.25) is 0 Å². The minimum Gasteiger partial charge on any atom is -0.370 e. The van der Waals surface area contributed by atoms with Crippen LogP contribution in [0.5, 0.6) is 0 Å². The Balaban J connectivity index is 1.85. The van der Waals surface area contributed by atoms with Crippen molar-refractivity contribution in [1.29, 1.82) is 0 Å². The number of sulfone groups is 1. The standard InChI is InChI=1S/C10H17NO3S/c12-15(13)8-10(3-1-2-9(10)15)11-4-6-14-7-5-11/h9H,1-8H2/p+1/t9-,10+/m0/s1. The molecule has 0 amide bonds. The van der Waals surface area contributed by atoms with E-state index in [0.717, 1.165) is 45.6 Å². The maximum Gasteiger partial charge on any atom is 0.165 e. The lowest BCUT2D eigenvalue weighted by atomic mass is 9.95. The molecule has 1 aliphatic carbocycles. The molecule has 2 atom stereocenters. The van der Waals surface area contributed by atoms with E-state index >= 15 is 0 Å². The summed E-state index contributed by atoms with van der Waals surface area (Å²) in [5, 5.41) is -0.0295. The van der Waals surface area contributed by atoms with Crippen molar-refractivity contribution in [3.8, 4) is 0 Å². The molecule has 3 rings (SSSR count). The average molecular weight is 232 g/mol.